The first kappa shape index (κ1) is 15.5. The van der Waals surface area contributed by atoms with E-state index in [4.69, 9.17) is 5.73 Å². The van der Waals surface area contributed by atoms with Crippen molar-refractivity contribution in [3.63, 3.8) is 0 Å². The van der Waals surface area contributed by atoms with Crippen LogP contribution in [0.4, 0.5) is 0 Å². The van der Waals surface area contributed by atoms with Crippen molar-refractivity contribution >= 4 is 0 Å². The molecule has 0 saturated heterocycles. The highest BCUT2D eigenvalue weighted by Crippen LogP contribution is 2.30. The van der Waals surface area contributed by atoms with E-state index in [0.29, 0.717) is 6.04 Å². The maximum atomic E-state index is 6.42. The van der Waals surface area contributed by atoms with Crippen LogP contribution in [0.1, 0.15) is 56.2 Å². The SMILES string of the molecule is CCC(N)C(c1ccc(C)cc1)N(C)CC1CCCC1. The summed E-state index contributed by atoms with van der Waals surface area (Å²) < 4.78 is 0. The van der Waals surface area contributed by atoms with Gasteiger partial charge in [0.2, 0.25) is 0 Å². The second kappa shape index (κ2) is 7.24. The van der Waals surface area contributed by atoms with Gasteiger partial charge in [0.25, 0.3) is 0 Å². The molecule has 0 heterocycles. The first-order chi connectivity index (χ1) is 9.61. The Bertz CT molecular complexity index is 392. The summed E-state index contributed by atoms with van der Waals surface area (Å²) in [5.41, 5.74) is 9.10. The fourth-order valence-corrected chi connectivity index (χ4v) is 3.53. The summed E-state index contributed by atoms with van der Waals surface area (Å²) in [6, 6.07) is 9.47. The molecule has 20 heavy (non-hydrogen) atoms. The van der Waals surface area contributed by atoms with E-state index < -0.39 is 0 Å². The third-order valence-electron chi connectivity index (χ3n) is 4.79. The maximum Gasteiger partial charge on any atom is 0.0496 e. The fraction of sp³-hybridized carbons (Fsp3) is 0.667. The lowest BCUT2D eigenvalue weighted by atomic mass is 9.94. The third kappa shape index (κ3) is 3.83. The Morgan fingerprint density at radius 3 is 2.35 bits per heavy atom. The molecule has 1 aromatic carbocycles. The van der Waals surface area contributed by atoms with Crippen LogP contribution in [0.2, 0.25) is 0 Å². The summed E-state index contributed by atoms with van der Waals surface area (Å²) >= 11 is 0. The lowest BCUT2D eigenvalue weighted by Crippen LogP contribution is -2.40. The highest BCUT2D eigenvalue weighted by Gasteiger charge is 2.26. The first-order valence-corrected chi connectivity index (χ1v) is 8.14. The lowest BCUT2D eigenvalue weighted by Gasteiger charge is -2.34. The number of benzene rings is 1. The zero-order chi connectivity index (χ0) is 14.5. The number of hydrogen-bond donors (Lipinski definition) is 1. The van der Waals surface area contributed by atoms with E-state index in [2.05, 4.69) is 50.1 Å². The van der Waals surface area contributed by atoms with Gasteiger partial charge in [0.1, 0.15) is 0 Å². The number of aryl methyl sites for hydroxylation is 1. The molecule has 2 nitrogen and oxygen atoms in total. The average Bonchev–Trinajstić information content (AvgIpc) is 2.94. The maximum absolute atomic E-state index is 6.42. The second-order valence-electron chi connectivity index (χ2n) is 6.52. The predicted molar refractivity (Wildman–Crippen MR) is 86.8 cm³/mol. The molecule has 1 fully saturated rings. The van der Waals surface area contributed by atoms with Gasteiger partial charge in [-0.15, -0.1) is 0 Å². The van der Waals surface area contributed by atoms with Crippen molar-refractivity contribution in [3.05, 3.63) is 35.4 Å². The van der Waals surface area contributed by atoms with E-state index in [9.17, 15) is 0 Å². The Kier molecular flexibility index (Phi) is 5.62. The van der Waals surface area contributed by atoms with Crippen LogP contribution in [-0.4, -0.2) is 24.5 Å². The Labute approximate surface area is 124 Å². The summed E-state index contributed by atoms with van der Waals surface area (Å²) in [4.78, 5) is 2.49. The molecular formula is C18H30N2. The quantitative estimate of drug-likeness (QED) is 0.852. The number of hydrogen-bond acceptors (Lipinski definition) is 2. The zero-order valence-corrected chi connectivity index (χ0v) is 13.3. The Balaban J connectivity index is 2.11. The lowest BCUT2D eigenvalue weighted by molar-refractivity contribution is 0.180. The van der Waals surface area contributed by atoms with Gasteiger partial charge in [-0.2, -0.15) is 0 Å². The predicted octanol–water partition coefficient (Wildman–Crippen LogP) is 3.90. The first-order valence-electron chi connectivity index (χ1n) is 8.14. The summed E-state index contributed by atoms with van der Waals surface area (Å²) in [6.45, 7) is 5.52. The van der Waals surface area contributed by atoms with Crippen molar-refractivity contribution in [2.45, 2.75) is 58.0 Å². The molecule has 2 N–H and O–H groups in total. The van der Waals surface area contributed by atoms with E-state index in [1.54, 1.807) is 0 Å². The number of rotatable bonds is 6. The molecule has 1 aliphatic rings. The van der Waals surface area contributed by atoms with Gasteiger partial charge >= 0.3 is 0 Å². The topological polar surface area (TPSA) is 29.3 Å². The Morgan fingerprint density at radius 2 is 1.80 bits per heavy atom. The van der Waals surface area contributed by atoms with E-state index in [-0.39, 0.29) is 6.04 Å². The monoisotopic (exact) mass is 274 g/mol. The molecule has 2 heteroatoms. The summed E-state index contributed by atoms with van der Waals surface area (Å²) in [5.74, 6) is 0.872. The van der Waals surface area contributed by atoms with Crippen LogP contribution >= 0.6 is 0 Å². The Hall–Kier alpha value is -0.860. The summed E-state index contributed by atoms with van der Waals surface area (Å²) in [5, 5.41) is 0. The van der Waals surface area contributed by atoms with Gasteiger partial charge in [-0.25, -0.2) is 0 Å². The molecule has 1 aliphatic carbocycles. The van der Waals surface area contributed by atoms with Crippen LogP contribution in [0.25, 0.3) is 0 Å². The summed E-state index contributed by atoms with van der Waals surface area (Å²) in [6.07, 6.45) is 6.63. The molecular weight excluding hydrogens is 244 g/mol. The Morgan fingerprint density at radius 1 is 1.20 bits per heavy atom. The van der Waals surface area contributed by atoms with Gasteiger partial charge in [-0.05, 0) is 44.7 Å². The van der Waals surface area contributed by atoms with E-state index in [1.807, 2.05) is 0 Å². The van der Waals surface area contributed by atoms with Gasteiger partial charge in [0, 0.05) is 18.6 Å². The van der Waals surface area contributed by atoms with Gasteiger partial charge in [-0.3, -0.25) is 4.90 Å². The number of nitrogens with two attached hydrogens (primary N) is 1. The normalized spacial score (nSPS) is 19.4. The minimum Gasteiger partial charge on any atom is -0.326 e. The minimum absolute atomic E-state index is 0.212. The molecule has 2 atom stereocenters. The standard InChI is InChI=1S/C18H30N2/c1-4-17(19)18(16-11-9-14(2)10-12-16)20(3)13-15-7-5-6-8-15/h9-12,15,17-18H,4-8,13,19H2,1-3H3. The second-order valence-corrected chi connectivity index (χ2v) is 6.52. The summed E-state index contributed by atoms with van der Waals surface area (Å²) in [7, 11) is 2.25. The highest BCUT2D eigenvalue weighted by molar-refractivity contribution is 5.25. The van der Waals surface area contributed by atoms with Gasteiger partial charge in [0.05, 0.1) is 0 Å². The molecule has 0 amide bonds. The van der Waals surface area contributed by atoms with E-state index in [0.717, 1.165) is 12.3 Å². The van der Waals surface area contributed by atoms with Crippen LogP contribution in [0.3, 0.4) is 0 Å². The molecule has 0 radical (unpaired) electrons. The van der Waals surface area contributed by atoms with E-state index >= 15 is 0 Å². The molecule has 1 aromatic rings. The molecule has 0 bridgehead atoms. The average molecular weight is 274 g/mol. The van der Waals surface area contributed by atoms with Crippen molar-refractivity contribution in [2.24, 2.45) is 11.7 Å². The molecule has 2 unspecified atom stereocenters. The minimum atomic E-state index is 0.212. The molecule has 0 aliphatic heterocycles. The molecule has 112 valence electrons. The van der Waals surface area contributed by atoms with Crippen molar-refractivity contribution in [1.29, 1.82) is 0 Å². The van der Waals surface area contributed by atoms with Crippen LogP contribution in [0.5, 0.6) is 0 Å². The van der Waals surface area contributed by atoms with Crippen LogP contribution in [-0.2, 0) is 0 Å². The van der Waals surface area contributed by atoms with Crippen molar-refractivity contribution in [3.8, 4) is 0 Å². The number of likely N-dealkylation sites (N-methyl/N-ethyl adjacent to an activating group) is 1. The largest absolute Gasteiger partial charge is 0.326 e. The van der Waals surface area contributed by atoms with Crippen LogP contribution in [0, 0.1) is 12.8 Å². The highest BCUT2D eigenvalue weighted by atomic mass is 15.1. The van der Waals surface area contributed by atoms with Gasteiger partial charge in [-0.1, -0.05) is 49.6 Å². The molecule has 1 saturated carbocycles. The van der Waals surface area contributed by atoms with Crippen molar-refractivity contribution in [2.75, 3.05) is 13.6 Å². The van der Waals surface area contributed by atoms with Crippen LogP contribution < -0.4 is 5.73 Å². The van der Waals surface area contributed by atoms with E-state index in [1.165, 1.54) is 43.4 Å². The third-order valence-corrected chi connectivity index (χ3v) is 4.79. The van der Waals surface area contributed by atoms with Gasteiger partial charge < -0.3 is 5.73 Å². The fourth-order valence-electron chi connectivity index (χ4n) is 3.53. The smallest absolute Gasteiger partial charge is 0.0496 e. The van der Waals surface area contributed by atoms with Crippen molar-refractivity contribution < 1.29 is 0 Å². The molecule has 0 aromatic heterocycles. The molecule has 0 spiro atoms. The zero-order valence-electron chi connectivity index (χ0n) is 13.3. The van der Waals surface area contributed by atoms with Crippen LogP contribution in [0.15, 0.2) is 24.3 Å². The van der Waals surface area contributed by atoms with Crippen molar-refractivity contribution in [1.82, 2.24) is 4.90 Å². The molecule has 2 rings (SSSR count). The number of nitrogens with zero attached hydrogens (tertiary/aromatic N) is 1. The van der Waals surface area contributed by atoms with Gasteiger partial charge in [0.15, 0.2) is 0 Å².